The van der Waals surface area contributed by atoms with Gasteiger partial charge in [-0.2, -0.15) is 0 Å². The smallest absolute Gasteiger partial charge is 0.305 e. The van der Waals surface area contributed by atoms with E-state index >= 15 is 0 Å². The molecule has 0 aromatic carbocycles. The number of carbonyl (C=O) groups excluding carboxylic acids is 1. The zero-order valence-corrected chi connectivity index (χ0v) is 7.32. The minimum absolute atomic E-state index is 0.174. The van der Waals surface area contributed by atoms with Crippen LogP contribution in [0.15, 0.2) is 37.0 Å². The molecule has 0 saturated heterocycles. The first kappa shape index (κ1) is 10.7. The van der Waals surface area contributed by atoms with Crippen LogP contribution in [0, 0.1) is 0 Å². The van der Waals surface area contributed by atoms with Crippen molar-refractivity contribution in [2.24, 2.45) is 0 Å². The Morgan fingerprint density at radius 2 is 2.17 bits per heavy atom. The number of rotatable bonds is 5. The zero-order valence-electron chi connectivity index (χ0n) is 7.32. The van der Waals surface area contributed by atoms with E-state index in [1.54, 1.807) is 6.08 Å². The molecular formula is C10H14O2. The quantitative estimate of drug-likeness (QED) is 0.462. The second kappa shape index (κ2) is 7.79. The van der Waals surface area contributed by atoms with Gasteiger partial charge in [0.25, 0.3) is 0 Å². The van der Waals surface area contributed by atoms with Crippen LogP contribution in [-0.4, -0.2) is 13.1 Å². The molecule has 0 bridgehead atoms. The van der Waals surface area contributed by atoms with E-state index in [9.17, 15) is 4.79 Å². The predicted octanol–water partition coefficient (Wildman–Crippen LogP) is 2.24. The summed E-state index contributed by atoms with van der Waals surface area (Å²) in [4.78, 5) is 10.6. The molecule has 0 radical (unpaired) electrons. The second-order valence-electron chi connectivity index (χ2n) is 2.16. The lowest BCUT2D eigenvalue weighted by Gasteiger charge is -1.92. The predicted molar refractivity (Wildman–Crippen MR) is 49.7 cm³/mol. The molecule has 0 aliphatic rings. The first-order valence-corrected chi connectivity index (χ1v) is 3.82. The van der Waals surface area contributed by atoms with Crippen molar-refractivity contribution in [1.29, 1.82) is 0 Å². The average Bonchev–Trinajstić information content (AvgIpc) is 2.10. The first-order chi connectivity index (χ1) is 5.81. The minimum atomic E-state index is -0.174. The molecule has 0 fully saturated rings. The molecule has 0 amide bonds. The van der Waals surface area contributed by atoms with Crippen LogP contribution in [0.1, 0.15) is 12.8 Å². The van der Waals surface area contributed by atoms with Gasteiger partial charge in [0.2, 0.25) is 0 Å². The molecule has 2 heteroatoms. The normalized spacial score (nSPS) is 10.8. The zero-order chi connectivity index (χ0) is 9.23. The molecule has 0 aromatic rings. The van der Waals surface area contributed by atoms with Crippen LogP contribution >= 0.6 is 0 Å². The number of methoxy groups -OCH3 is 1. The molecule has 0 N–H and O–H groups in total. The van der Waals surface area contributed by atoms with Gasteiger partial charge in [-0.3, -0.25) is 4.79 Å². The topological polar surface area (TPSA) is 26.3 Å². The Hall–Kier alpha value is -1.31. The lowest BCUT2D eigenvalue weighted by Crippen LogP contribution is -1.97. The highest BCUT2D eigenvalue weighted by atomic mass is 16.5. The average molecular weight is 166 g/mol. The molecule has 0 saturated carbocycles. The van der Waals surface area contributed by atoms with E-state index in [-0.39, 0.29) is 5.97 Å². The van der Waals surface area contributed by atoms with E-state index in [1.165, 1.54) is 7.11 Å². The Morgan fingerprint density at radius 1 is 1.42 bits per heavy atom. The number of hydrogen-bond donors (Lipinski definition) is 0. The Labute approximate surface area is 73.2 Å². The number of allylic oxidation sites excluding steroid dienone is 5. The van der Waals surface area contributed by atoms with Crippen LogP contribution in [0.25, 0.3) is 0 Å². The molecule has 0 aliphatic carbocycles. The van der Waals surface area contributed by atoms with Crippen LogP contribution in [-0.2, 0) is 9.53 Å². The molecule has 0 rings (SSSR count). The fourth-order valence-corrected chi connectivity index (χ4v) is 0.621. The van der Waals surface area contributed by atoms with Gasteiger partial charge < -0.3 is 4.74 Å². The first-order valence-electron chi connectivity index (χ1n) is 3.82. The van der Waals surface area contributed by atoms with Gasteiger partial charge in [-0.1, -0.05) is 37.0 Å². The van der Waals surface area contributed by atoms with Crippen LogP contribution < -0.4 is 0 Å². The maximum atomic E-state index is 10.6. The Balaban J connectivity index is 3.42. The molecule has 2 nitrogen and oxygen atoms in total. The highest BCUT2D eigenvalue weighted by Gasteiger charge is 1.94. The van der Waals surface area contributed by atoms with E-state index < -0.39 is 0 Å². The van der Waals surface area contributed by atoms with Crippen molar-refractivity contribution in [2.75, 3.05) is 7.11 Å². The third-order valence-corrected chi connectivity index (χ3v) is 1.24. The monoisotopic (exact) mass is 166 g/mol. The number of carbonyl (C=O) groups is 1. The summed E-state index contributed by atoms with van der Waals surface area (Å²) in [6.07, 6.45) is 10.3. The van der Waals surface area contributed by atoms with Crippen molar-refractivity contribution in [1.82, 2.24) is 0 Å². The minimum Gasteiger partial charge on any atom is -0.469 e. The highest BCUT2D eigenvalue weighted by molar-refractivity contribution is 5.69. The summed E-state index contributed by atoms with van der Waals surface area (Å²) in [6.45, 7) is 3.53. The van der Waals surface area contributed by atoms with Gasteiger partial charge in [0.05, 0.1) is 7.11 Å². The molecular weight excluding hydrogens is 152 g/mol. The Kier molecular flexibility index (Phi) is 6.94. The largest absolute Gasteiger partial charge is 0.469 e. The van der Waals surface area contributed by atoms with Crippen LogP contribution in [0.5, 0.6) is 0 Å². The van der Waals surface area contributed by atoms with Gasteiger partial charge in [0, 0.05) is 6.42 Å². The maximum absolute atomic E-state index is 10.6. The van der Waals surface area contributed by atoms with Crippen LogP contribution in [0.3, 0.4) is 0 Å². The molecule has 66 valence electrons. The van der Waals surface area contributed by atoms with E-state index in [2.05, 4.69) is 11.3 Å². The molecule has 0 heterocycles. The fraction of sp³-hybridized carbons (Fsp3) is 0.300. The van der Waals surface area contributed by atoms with Crippen molar-refractivity contribution in [3.63, 3.8) is 0 Å². The van der Waals surface area contributed by atoms with Crippen molar-refractivity contribution < 1.29 is 9.53 Å². The van der Waals surface area contributed by atoms with Crippen LogP contribution in [0.4, 0.5) is 0 Å². The van der Waals surface area contributed by atoms with Gasteiger partial charge in [0.15, 0.2) is 0 Å². The van der Waals surface area contributed by atoms with Crippen molar-refractivity contribution in [3.8, 4) is 0 Å². The van der Waals surface area contributed by atoms with Crippen molar-refractivity contribution in [2.45, 2.75) is 12.8 Å². The summed E-state index contributed by atoms with van der Waals surface area (Å²) in [6, 6.07) is 0. The van der Waals surface area contributed by atoms with Gasteiger partial charge in [-0.05, 0) is 6.42 Å². The maximum Gasteiger partial charge on any atom is 0.305 e. The third-order valence-electron chi connectivity index (χ3n) is 1.24. The Morgan fingerprint density at radius 3 is 2.75 bits per heavy atom. The second-order valence-corrected chi connectivity index (χ2v) is 2.16. The number of esters is 1. The van der Waals surface area contributed by atoms with Crippen LogP contribution in [0.2, 0.25) is 0 Å². The molecule has 0 unspecified atom stereocenters. The standard InChI is InChI=1S/C10H14O2/c1-3-4-5-6-7-8-9-10(11)12-2/h3-7H,1,8-9H2,2H3. The molecule has 0 aromatic heterocycles. The van der Waals surface area contributed by atoms with E-state index in [1.807, 2.05) is 24.3 Å². The molecule has 0 spiro atoms. The van der Waals surface area contributed by atoms with Gasteiger partial charge in [0.1, 0.15) is 0 Å². The summed E-state index contributed by atoms with van der Waals surface area (Å²) in [5, 5.41) is 0. The van der Waals surface area contributed by atoms with Crippen molar-refractivity contribution >= 4 is 5.97 Å². The molecule has 0 atom stereocenters. The van der Waals surface area contributed by atoms with E-state index in [0.29, 0.717) is 12.8 Å². The van der Waals surface area contributed by atoms with Gasteiger partial charge in [-0.15, -0.1) is 0 Å². The summed E-state index contributed by atoms with van der Waals surface area (Å²) >= 11 is 0. The van der Waals surface area contributed by atoms with E-state index in [0.717, 1.165) is 0 Å². The molecule has 12 heavy (non-hydrogen) atoms. The summed E-state index contributed by atoms with van der Waals surface area (Å²) in [5.74, 6) is -0.174. The van der Waals surface area contributed by atoms with E-state index in [4.69, 9.17) is 0 Å². The number of ether oxygens (including phenoxy) is 1. The SMILES string of the molecule is C=CC=CC=CCCC(=O)OC. The lowest BCUT2D eigenvalue weighted by atomic mass is 10.3. The Bertz CT molecular complexity index is 190. The lowest BCUT2D eigenvalue weighted by molar-refractivity contribution is -0.140. The summed E-state index contributed by atoms with van der Waals surface area (Å²) in [7, 11) is 1.39. The summed E-state index contributed by atoms with van der Waals surface area (Å²) < 4.78 is 4.47. The number of hydrogen-bond acceptors (Lipinski definition) is 2. The molecule has 0 aliphatic heterocycles. The fourth-order valence-electron chi connectivity index (χ4n) is 0.621. The van der Waals surface area contributed by atoms with Gasteiger partial charge >= 0.3 is 5.97 Å². The van der Waals surface area contributed by atoms with Gasteiger partial charge in [-0.25, -0.2) is 0 Å². The van der Waals surface area contributed by atoms with Crippen molar-refractivity contribution in [3.05, 3.63) is 37.0 Å². The summed E-state index contributed by atoms with van der Waals surface area (Å²) in [5.41, 5.74) is 0. The third kappa shape index (κ3) is 6.81. The highest BCUT2D eigenvalue weighted by Crippen LogP contribution is 1.93.